The number of hydrogen-bond acceptors (Lipinski definition) is 2. The molecule has 2 aliphatic carbocycles. The van der Waals surface area contributed by atoms with E-state index in [2.05, 4.69) is 13.8 Å². The first-order valence-corrected chi connectivity index (χ1v) is 8.71. The van der Waals surface area contributed by atoms with E-state index in [1.165, 1.54) is 24.0 Å². The Hall–Kier alpha value is -1.32. The summed E-state index contributed by atoms with van der Waals surface area (Å²) >= 11 is 0. The highest BCUT2D eigenvalue weighted by Crippen LogP contribution is 2.57. The van der Waals surface area contributed by atoms with Crippen molar-refractivity contribution in [3.8, 4) is 0 Å². The molecule has 1 N–H and O–H groups in total. The van der Waals surface area contributed by atoms with Crippen LogP contribution < -0.4 is 0 Å². The Kier molecular flexibility index (Phi) is 4.28. The highest BCUT2D eigenvalue weighted by Gasteiger charge is 2.57. The smallest absolute Gasteiger partial charge is 0.307 e. The van der Waals surface area contributed by atoms with Gasteiger partial charge in [-0.05, 0) is 51.4 Å². The van der Waals surface area contributed by atoms with Crippen LogP contribution in [-0.2, 0) is 9.59 Å². The van der Waals surface area contributed by atoms with E-state index in [4.69, 9.17) is 0 Å². The predicted octanol–water partition coefficient (Wildman–Crippen LogP) is 3.08. The van der Waals surface area contributed by atoms with E-state index in [0.717, 1.165) is 38.8 Å². The van der Waals surface area contributed by atoms with Gasteiger partial charge in [0.2, 0.25) is 5.91 Å². The Morgan fingerprint density at radius 3 is 2.00 bits per heavy atom. The van der Waals surface area contributed by atoms with Gasteiger partial charge in [0.15, 0.2) is 0 Å². The number of carboxylic acid groups (broad SMARTS) is 1. The lowest BCUT2D eigenvalue weighted by atomic mass is 9.78. The van der Waals surface area contributed by atoms with Crippen molar-refractivity contribution < 1.29 is 14.7 Å². The lowest BCUT2D eigenvalue weighted by Gasteiger charge is -2.31. The fourth-order valence-electron chi connectivity index (χ4n) is 5.09. The summed E-state index contributed by atoms with van der Waals surface area (Å²) in [6, 6.07) is 0. The Morgan fingerprint density at radius 1 is 0.955 bits per heavy atom. The molecule has 1 aliphatic heterocycles. The molecule has 0 radical (unpaired) electrons. The van der Waals surface area contributed by atoms with Gasteiger partial charge < -0.3 is 10.0 Å². The van der Waals surface area contributed by atoms with Gasteiger partial charge >= 0.3 is 5.97 Å². The second kappa shape index (κ2) is 6.05. The number of nitrogens with zero attached hydrogens (tertiary/aromatic N) is 1. The molecule has 0 spiro atoms. The van der Waals surface area contributed by atoms with Crippen LogP contribution >= 0.6 is 0 Å². The first kappa shape index (κ1) is 15.6. The monoisotopic (exact) mass is 305 g/mol. The summed E-state index contributed by atoms with van der Waals surface area (Å²) in [7, 11) is 0. The molecule has 0 aromatic heterocycles. The van der Waals surface area contributed by atoms with Crippen molar-refractivity contribution >= 4 is 11.9 Å². The zero-order valence-electron chi connectivity index (χ0n) is 13.7. The number of allylic oxidation sites excluding steroid dienone is 2. The Balaban J connectivity index is 1.89. The van der Waals surface area contributed by atoms with E-state index in [0.29, 0.717) is 0 Å². The zero-order valence-corrected chi connectivity index (χ0v) is 13.7. The van der Waals surface area contributed by atoms with Gasteiger partial charge in [-0.1, -0.05) is 24.0 Å². The number of amides is 1. The molecular formula is C18H27NO3. The number of carbonyl (C=O) groups excluding carboxylic acids is 1. The summed E-state index contributed by atoms with van der Waals surface area (Å²) in [5, 5.41) is 9.71. The third-order valence-corrected chi connectivity index (χ3v) is 5.91. The second-order valence-corrected chi connectivity index (χ2v) is 7.37. The maximum atomic E-state index is 13.1. The van der Waals surface area contributed by atoms with Crippen molar-refractivity contribution in [2.45, 2.75) is 52.4 Å². The lowest BCUT2D eigenvalue weighted by molar-refractivity contribution is -0.152. The standard InChI is InChI=1S/C18H27NO3/c1-11(2)14-12-7-8-13(14)16(18(21)22)15(12)17(20)19-9-5-3-4-6-10-19/h12-13,15-16H,3-10H2,1-2H3,(H,21,22)/t12-,13+,15-,16+/m1/s1. The van der Waals surface area contributed by atoms with E-state index < -0.39 is 11.9 Å². The van der Waals surface area contributed by atoms with Crippen LogP contribution in [0, 0.1) is 23.7 Å². The Bertz CT molecular complexity index is 498. The average Bonchev–Trinajstić information content (AvgIpc) is 2.90. The number of likely N-dealkylation sites (tertiary alicyclic amines) is 1. The predicted molar refractivity (Wildman–Crippen MR) is 84.3 cm³/mol. The molecule has 4 nitrogen and oxygen atoms in total. The van der Waals surface area contributed by atoms with Gasteiger partial charge in [-0.15, -0.1) is 0 Å². The van der Waals surface area contributed by atoms with E-state index >= 15 is 0 Å². The largest absolute Gasteiger partial charge is 0.481 e. The molecule has 3 fully saturated rings. The fraction of sp³-hybridized carbons (Fsp3) is 0.778. The normalized spacial score (nSPS) is 34.6. The third kappa shape index (κ3) is 2.46. The van der Waals surface area contributed by atoms with Crippen molar-refractivity contribution in [1.29, 1.82) is 0 Å². The number of carboxylic acids is 1. The van der Waals surface area contributed by atoms with Crippen LogP contribution in [-0.4, -0.2) is 35.0 Å². The molecule has 4 atom stereocenters. The van der Waals surface area contributed by atoms with Gasteiger partial charge in [0.25, 0.3) is 0 Å². The molecule has 1 saturated heterocycles. The minimum Gasteiger partial charge on any atom is -0.481 e. The summed E-state index contributed by atoms with van der Waals surface area (Å²) in [4.78, 5) is 26.9. The van der Waals surface area contributed by atoms with Crippen LogP contribution in [0.2, 0.25) is 0 Å². The molecule has 0 aromatic carbocycles. The molecule has 2 saturated carbocycles. The summed E-state index contributed by atoms with van der Waals surface area (Å²) in [5.41, 5.74) is 2.51. The maximum absolute atomic E-state index is 13.1. The second-order valence-electron chi connectivity index (χ2n) is 7.37. The van der Waals surface area contributed by atoms with E-state index in [-0.39, 0.29) is 23.7 Å². The van der Waals surface area contributed by atoms with Crippen molar-refractivity contribution in [2.24, 2.45) is 23.7 Å². The van der Waals surface area contributed by atoms with Gasteiger partial charge in [0, 0.05) is 13.1 Å². The van der Waals surface area contributed by atoms with Gasteiger partial charge in [0.1, 0.15) is 0 Å². The van der Waals surface area contributed by atoms with Crippen molar-refractivity contribution in [1.82, 2.24) is 4.90 Å². The van der Waals surface area contributed by atoms with E-state index in [9.17, 15) is 14.7 Å². The molecule has 3 rings (SSSR count). The van der Waals surface area contributed by atoms with Gasteiger partial charge in [-0.3, -0.25) is 9.59 Å². The SMILES string of the molecule is CC(C)=C1[C@H]2CC[C@@H]1[C@H](C(=O)O)[C@@H]2C(=O)N1CCCCCC1. The summed E-state index contributed by atoms with van der Waals surface area (Å²) in [6.07, 6.45) is 6.40. The van der Waals surface area contributed by atoms with Crippen LogP contribution in [0.4, 0.5) is 0 Å². The van der Waals surface area contributed by atoms with Crippen molar-refractivity contribution in [3.05, 3.63) is 11.1 Å². The Morgan fingerprint density at radius 2 is 1.50 bits per heavy atom. The highest BCUT2D eigenvalue weighted by atomic mass is 16.4. The number of rotatable bonds is 2. The molecule has 122 valence electrons. The van der Waals surface area contributed by atoms with E-state index in [1.54, 1.807) is 0 Å². The van der Waals surface area contributed by atoms with Crippen LogP contribution in [0.5, 0.6) is 0 Å². The highest BCUT2D eigenvalue weighted by molar-refractivity contribution is 5.87. The van der Waals surface area contributed by atoms with Crippen LogP contribution in [0.15, 0.2) is 11.1 Å². The van der Waals surface area contributed by atoms with Crippen LogP contribution in [0.3, 0.4) is 0 Å². The lowest BCUT2D eigenvalue weighted by Crippen LogP contribution is -2.44. The molecule has 4 heteroatoms. The molecule has 22 heavy (non-hydrogen) atoms. The van der Waals surface area contributed by atoms with Gasteiger partial charge in [-0.25, -0.2) is 0 Å². The molecule has 3 aliphatic rings. The molecule has 2 bridgehead atoms. The van der Waals surface area contributed by atoms with E-state index in [1.807, 2.05) is 4.90 Å². The number of aliphatic carboxylic acids is 1. The quantitative estimate of drug-likeness (QED) is 0.798. The van der Waals surface area contributed by atoms with Crippen molar-refractivity contribution in [3.63, 3.8) is 0 Å². The minimum atomic E-state index is -0.779. The van der Waals surface area contributed by atoms with Crippen molar-refractivity contribution in [2.75, 3.05) is 13.1 Å². The first-order chi connectivity index (χ1) is 10.5. The topological polar surface area (TPSA) is 57.6 Å². The van der Waals surface area contributed by atoms with Gasteiger partial charge in [0.05, 0.1) is 11.8 Å². The number of carbonyl (C=O) groups is 2. The summed E-state index contributed by atoms with van der Waals surface area (Å²) in [6.45, 7) is 5.75. The first-order valence-electron chi connectivity index (χ1n) is 8.71. The molecular weight excluding hydrogens is 278 g/mol. The maximum Gasteiger partial charge on any atom is 0.307 e. The van der Waals surface area contributed by atoms with Gasteiger partial charge in [-0.2, -0.15) is 0 Å². The molecule has 0 aromatic rings. The average molecular weight is 305 g/mol. The van der Waals surface area contributed by atoms with Crippen LogP contribution in [0.1, 0.15) is 52.4 Å². The number of fused-ring (bicyclic) bond motifs is 2. The third-order valence-electron chi connectivity index (χ3n) is 5.91. The minimum absolute atomic E-state index is 0.0911. The summed E-state index contributed by atoms with van der Waals surface area (Å²) < 4.78 is 0. The molecule has 1 amide bonds. The van der Waals surface area contributed by atoms with Crippen LogP contribution in [0.25, 0.3) is 0 Å². The number of hydrogen-bond donors (Lipinski definition) is 1. The Labute approximate surface area is 132 Å². The molecule has 1 heterocycles. The zero-order chi connectivity index (χ0) is 15.9. The fourth-order valence-corrected chi connectivity index (χ4v) is 5.09. The summed E-state index contributed by atoms with van der Waals surface area (Å²) in [5.74, 6) is -1.22. The molecule has 0 unspecified atom stereocenters.